The van der Waals surface area contributed by atoms with Crippen LogP contribution >= 0.6 is 0 Å². The number of ether oxygens (including phenoxy) is 9. The summed E-state index contributed by atoms with van der Waals surface area (Å²) in [5, 5.41) is 0. The number of carbonyl (C=O) groups excluding carboxylic acids is 4. The van der Waals surface area contributed by atoms with E-state index in [1.807, 2.05) is 0 Å². The molecule has 308 valence electrons. The largest absolute Gasteiger partial charge is 0.490 e. The minimum atomic E-state index is -0.508. The summed E-state index contributed by atoms with van der Waals surface area (Å²) in [6.07, 6.45) is 5.91. The maximum Gasteiger partial charge on any atom is 0.333 e. The fourth-order valence-electron chi connectivity index (χ4n) is 4.56. The van der Waals surface area contributed by atoms with Crippen molar-refractivity contribution < 1.29 is 61.8 Å². The van der Waals surface area contributed by atoms with Crippen molar-refractivity contribution in [2.45, 2.75) is 13.8 Å². The van der Waals surface area contributed by atoms with E-state index in [0.717, 1.165) is 11.1 Å². The van der Waals surface area contributed by atoms with E-state index < -0.39 is 23.9 Å². The zero-order valence-corrected chi connectivity index (χ0v) is 32.9. The number of hydrogen-bond acceptors (Lipinski definition) is 13. The maximum absolute atomic E-state index is 12.1. The average molecular weight is 807 g/mol. The lowest BCUT2D eigenvalue weighted by Gasteiger charge is -2.10. The standard InChI is InChI=1S/C46H46O13/c1-33(2)45(49)57-31-27-53-37-11-5-35(6-12-37)9-23-43(47)55-29-25-51-39-15-19-41(20-16-39)59-42-21-17-40(18-22-42)52-26-30-56-44(48)24-10-36-7-13-38(14-8-36)54-28-32-58-46(50)34(3)4/h5-24H,1,3,25-32H2,2,4H3/b23-9+,24-10+. The van der Waals surface area contributed by atoms with E-state index in [4.69, 9.17) is 42.6 Å². The maximum atomic E-state index is 12.1. The van der Waals surface area contributed by atoms with Crippen molar-refractivity contribution in [2.24, 2.45) is 0 Å². The Morgan fingerprint density at radius 2 is 0.678 bits per heavy atom. The van der Waals surface area contributed by atoms with Gasteiger partial charge in [0.05, 0.1) is 0 Å². The topological polar surface area (TPSA) is 151 Å². The molecular weight excluding hydrogens is 760 g/mol. The summed E-state index contributed by atoms with van der Waals surface area (Å²) in [4.78, 5) is 47.0. The van der Waals surface area contributed by atoms with Crippen LogP contribution in [0.15, 0.2) is 134 Å². The zero-order valence-electron chi connectivity index (χ0n) is 32.9. The van der Waals surface area contributed by atoms with Crippen LogP contribution in [0.5, 0.6) is 34.5 Å². The Labute approximate surface area is 343 Å². The third-order valence-corrected chi connectivity index (χ3v) is 7.53. The quantitative estimate of drug-likeness (QED) is 0.0294. The van der Waals surface area contributed by atoms with E-state index >= 15 is 0 Å². The van der Waals surface area contributed by atoms with Crippen LogP contribution < -0.4 is 23.7 Å². The van der Waals surface area contributed by atoms with Crippen LogP contribution in [0.25, 0.3) is 12.2 Å². The Balaban J connectivity index is 1.05. The van der Waals surface area contributed by atoms with E-state index in [1.54, 1.807) is 123 Å². The second-order valence-corrected chi connectivity index (χ2v) is 12.4. The lowest BCUT2D eigenvalue weighted by atomic mass is 10.2. The monoisotopic (exact) mass is 806 g/mol. The summed E-state index contributed by atoms with van der Waals surface area (Å²) < 4.78 is 48.7. The van der Waals surface area contributed by atoms with Crippen LogP contribution in [0.3, 0.4) is 0 Å². The molecule has 13 heteroatoms. The lowest BCUT2D eigenvalue weighted by molar-refractivity contribution is -0.140. The normalized spacial score (nSPS) is 10.7. The van der Waals surface area contributed by atoms with Gasteiger partial charge in [-0.15, -0.1) is 0 Å². The van der Waals surface area contributed by atoms with Gasteiger partial charge in [-0.05, 0) is 110 Å². The number of rotatable bonds is 24. The fourth-order valence-corrected chi connectivity index (χ4v) is 4.56. The van der Waals surface area contributed by atoms with Gasteiger partial charge in [-0.1, -0.05) is 37.4 Å². The number of benzene rings is 4. The van der Waals surface area contributed by atoms with Gasteiger partial charge in [-0.3, -0.25) is 0 Å². The predicted molar refractivity (Wildman–Crippen MR) is 219 cm³/mol. The first kappa shape index (κ1) is 44.4. The summed E-state index contributed by atoms with van der Waals surface area (Å²) in [6, 6.07) is 28.1. The van der Waals surface area contributed by atoms with Crippen molar-refractivity contribution in [3.8, 4) is 34.5 Å². The first-order chi connectivity index (χ1) is 28.5. The highest BCUT2D eigenvalue weighted by Crippen LogP contribution is 2.26. The summed E-state index contributed by atoms with van der Waals surface area (Å²) in [6.45, 7) is 11.3. The Kier molecular flexibility index (Phi) is 18.4. The van der Waals surface area contributed by atoms with Crippen LogP contribution in [-0.2, 0) is 38.1 Å². The number of esters is 4. The first-order valence-corrected chi connectivity index (χ1v) is 18.5. The predicted octanol–water partition coefficient (Wildman–Crippen LogP) is 7.75. The van der Waals surface area contributed by atoms with E-state index in [-0.39, 0.29) is 52.9 Å². The molecule has 0 N–H and O–H groups in total. The molecule has 0 saturated heterocycles. The molecule has 0 unspecified atom stereocenters. The molecule has 4 aromatic rings. The molecule has 0 saturated carbocycles. The highest BCUT2D eigenvalue weighted by molar-refractivity contribution is 5.88. The van der Waals surface area contributed by atoms with Gasteiger partial charge < -0.3 is 42.6 Å². The van der Waals surface area contributed by atoms with E-state index in [0.29, 0.717) is 45.6 Å². The summed E-state index contributed by atoms with van der Waals surface area (Å²) in [5.41, 5.74) is 2.21. The molecule has 0 fully saturated rings. The molecule has 0 atom stereocenters. The van der Waals surface area contributed by atoms with Crippen LogP contribution in [0, 0.1) is 0 Å². The molecule has 0 bridgehead atoms. The van der Waals surface area contributed by atoms with E-state index in [9.17, 15) is 19.2 Å². The molecule has 13 nitrogen and oxygen atoms in total. The summed E-state index contributed by atoms with van der Waals surface area (Å²) >= 11 is 0. The van der Waals surface area contributed by atoms with Crippen molar-refractivity contribution in [2.75, 3.05) is 52.9 Å². The minimum Gasteiger partial charge on any atom is -0.490 e. The number of carbonyl (C=O) groups is 4. The van der Waals surface area contributed by atoms with Crippen LogP contribution in [0.1, 0.15) is 25.0 Å². The molecule has 0 amide bonds. The third kappa shape index (κ3) is 17.6. The highest BCUT2D eigenvalue weighted by atomic mass is 16.6. The van der Waals surface area contributed by atoms with Crippen molar-refractivity contribution in [3.63, 3.8) is 0 Å². The van der Waals surface area contributed by atoms with Crippen LogP contribution in [0.4, 0.5) is 0 Å². The van der Waals surface area contributed by atoms with Crippen LogP contribution in [-0.4, -0.2) is 76.7 Å². The van der Waals surface area contributed by atoms with Gasteiger partial charge in [0.25, 0.3) is 0 Å². The summed E-state index contributed by atoms with van der Waals surface area (Å²) in [7, 11) is 0. The molecule has 0 heterocycles. The number of hydrogen-bond donors (Lipinski definition) is 0. The zero-order chi connectivity index (χ0) is 42.2. The Hall–Kier alpha value is -7.28. The SMILES string of the molecule is C=C(C)C(=O)OCCOc1ccc(/C=C/C(=O)OCCOc2ccc(Oc3ccc(OCCOC(=O)/C=C/c4ccc(OCCOC(=O)C(=C)C)cc4)cc3)cc2)cc1. The molecule has 0 aromatic heterocycles. The minimum absolute atomic E-state index is 0.0610. The molecule has 0 aliphatic rings. The van der Waals surface area contributed by atoms with Gasteiger partial charge in [-0.2, -0.15) is 0 Å². The molecule has 0 aliphatic carbocycles. The molecule has 4 aromatic carbocycles. The Morgan fingerprint density at radius 3 is 0.983 bits per heavy atom. The van der Waals surface area contributed by atoms with Crippen molar-refractivity contribution >= 4 is 36.0 Å². The molecule has 0 aliphatic heterocycles. The Bertz CT molecular complexity index is 1900. The highest BCUT2D eigenvalue weighted by Gasteiger charge is 2.06. The van der Waals surface area contributed by atoms with Crippen molar-refractivity contribution in [1.82, 2.24) is 0 Å². The summed E-state index contributed by atoms with van der Waals surface area (Å²) in [5.74, 6) is 1.61. The van der Waals surface area contributed by atoms with Gasteiger partial charge in [0.2, 0.25) is 0 Å². The van der Waals surface area contributed by atoms with Gasteiger partial charge in [0, 0.05) is 23.3 Å². The molecule has 0 spiro atoms. The van der Waals surface area contributed by atoms with Gasteiger partial charge in [0.1, 0.15) is 87.4 Å². The second-order valence-electron chi connectivity index (χ2n) is 12.4. The van der Waals surface area contributed by atoms with Crippen LogP contribution in [0.2, 0.25) is 0 Å². The van der Waals surface area contributed by atoms with E-state index in [1.165, 1.54) is 12.2 Å². The average Bonchev–Trinajstić information content (AvgIpc) is 3.24. The van der Waals surface area contributed by atoms with Gasteiger partial charge in [-0.25, -0.2) is 19.2 Å². The van der Waals surface area contributed by atoms with Gasteiger partial charge in [0.15, 0.2) is 0 Å². The Morgan fingerprint density at radius 1 is 0.407 bits per heavy atom. The molecule has 4 rings (SSSR count). The first-order valence-electron chi connectivity index (χ1n) is 18.5. The molecule has 0 radical (unpaired) electrons. The lowest BCUT2D eigenvalue weighted by Crippen LogP contribution is -2.12. The van der Waals surface area contributed by atoms with E-state index in [2.05, 4.69) is 13.2 Å². The third-order valence-electron chi connectivity index (χ3n) is 7.53. The second kappa shape index (κ2) is 24.4. The smallest absolute Gasteiger partial charge is 0.333 e. The molecule has 59 heavy (non-hydrogen) atoms. The van der Waals surface area contributed by atoms with Crippen molar-refractivity contribution in [3.05, 3.63) is 145 Å². The van der Waals surface area contributed by atoms with Crippen molar-refractivity contribution in [1.29, 1.82) is 0 Å². The fraction of sp³-hybridized carbons (Fsp3) is 0.217. The van der Waals surface area contributed by atoms with Gasteiger partial charge >= 0.3 is 23.9 Å². The molecular formula is C46H46O13.